The first-order chi connectivity index (χ1) is 9.21. The fourth-order valence-corrected chi connectivity index (χ4v) is 2.74. The Morgan fingerprint density at radius 1 is 1.40 bits per heavy atom. The lowest BCUT2D eigenvalue weighted by atomic mass is 9.90. The molecular formula is C14H27N3O3. The molecule has 1 fully saturated rings. The summed E-state index contributed by atoms with van der Waals surface area (Å²) in [7, 11) is 3.96. The zero-order valence-electron chi connectivity index (χ0n) is 13.2. The number of hydrogen-bond donors (Lipinski definition) is 1. The number of hydrogen-bond acceptors (Lipinski definition) is 3. The van der Waals surface area contributed by atoms with Gasteiger partial charge in [0.1, 0.15) is 0 Å². The fraction of sp³-hybridized carbons (Fsp3) is 0.857. The van der Waals surface area contributed by atoms with E-state index in [0.29, 0.717) is 26.1 Å². The van der Waals surface area contributed by atoms with Gasteiger partial charge in [0, 0.05) is 32.2 Å². The van der Waals surface area contributed by atoms with Gasteiger partial charge >= 0.3 is 12.0 Å². The minimum Gasteiger partial charge on any atom is -0.481 e. The number of rotatable bonds is 5. The number of amides is 2. The van der Waals surface area contributed by atoms with E-state index in [1.165, 1.54) is 0 Å². The quantitative estimate of drug-likeness (QED) is 0.823. The summed E-state index contributed by atoms with van der Waals surface area (Å²) in [5.41, 5.74) is -0.806. The summed E-state index contributed by atoms with van der Waals surface area (Å²) in [5.74, 6) is -0.822. The molecule has 0 aromatic carbocycles. The molecule has 2 atom stereocenters. The third-order valence-corrected chi connectivity index (χ3v) is 4.01. The number of carboxylic acids is 1. The average molecular weight is 285 g/mol. The summed E-state index contributed by atoms with van der Waals surface area (Å²) in [6, 6.07) is 0.0611. The molecule has 1 N–H and O–H groups in total. The smallest absolute Gasteiger partial charge is 0.320 e. The van der Waals surface area contributed by atoms with Crippen LogP contribution in [0.4, 0.5) is 4.79 Å². The van der Waals surface area contributed by atoms with E-state index in [4.69, 9.17) is 0 Å². The van der Waals surface area contributed by atoms with Crippen LogP contribution >= 0.6 is 0 Å². The molecule has 1 heterocycles. The molecule has 0 spiro atoms. The van der Waals surface area contributed by atoms with Gasteiger partial charge in [-0.25, -0.2) is 4.79 Å². The summed E-state index contributed by atoms with van der Waals surface area (Å²) in [5, 5.41) is 9.24. The first kappa shape index (κ1) is 16.8. The van der Waals surface area contributed by atoms with Crippen molar-refractivity contribution >= 4 is 12.0 Å². The molecule has 1 saturated heterocycles. The summed E-state index contributed by atoms with van der Waals surface area (Å²) in [4.78, 5) is 29.3. The Morgan fingerprint density at radius 3 is 2.40 bits per heavy atom. The molecule has 2 amide bonds. The van der Waals surface area contributed by atoms with Gasteiger partial charge in [-0.15, -0.1) is 0 Å². The van der Waals surface area contributed by atoms with Crippen molar-refractivity contribution in [3.05, 3.63) is 0 Å². The van der Waals surface area contributed by atoms with Crippen LogP contribution in [-0.4, -0.2) is 78.1 Å². The normalized spacial score (nSPS) is 24.0. The highest BCUT2D eigenvalue weighted by Crippen LogP contribution is 2.30. The third kappa shape index (κ3) is 3.62. The second-order valence-electron chi connectivity index (χ2n) is 6.22. The fourth-order valence-electron chi connectivity index (χ4n) is 2.74. The van der Waals surface area contributed by atoms with Gasteiger partial charge in [0.2, 0.25) is 0 Å². The van der Waals surface area contributed by atoms with Gasteiger partial charge in [0.15, 0.2) is 0 Å². The van der Waals surface area contributed by atoms with Gasteiger partial charge in [0.25, 0.3) is 0 Å². The zero-order chi connectivity index (χ0) is 15.5. The molecule has 0 aromatic heterocycles. The highest BCUT2D eigenvalue weighted by Gasteiger charge is 2.43. The maximum absolute atomic E-state index is 12.6. The monoisotopic (exact) mass is 285 g/mol. The van der Waals surface area contributed by atoms with Crippen LogP contribution in [0.1, 0.15) is 27.2 Å². The average Bonchev–Trinajstić information content (AvgIpc) is 2.73. The first-order valence-electron chi connectivity index (χ1n) is 7.15. The van der Waals surface area contributed by atoms with Gasteiger partial charge in [-0.05, 0) is 41.3 Å². The molecule has 116 valence electrons. The number of nitrogens with zero attached hydrogens (tertiary/aromatic N) is 3. The Labute approximate surface area is 121 Å². The molecule has 0 bridgehead atoms. The van der Waals surface area contributed by atoms with E-state index in [-0.39, 0.29) is 12.1 Å². The van der Waals surface area contributed by atoms with E-state index in [9.17, 15) is 14.7 Å². The number of carboxylic acid groups (broad SMARTS) is 1. The van der Waals surface area contributed by atoms with E-state index in [1.807, 2.05) is 37.7 Å². The molecule has 20 heavy (non-hydrogen) atoms. The lowest BCUT2D eigenvalue weighted by molar-refractivity contribution is -0.147. The van der Waals surface area contributed by atoms with Crippen molar-refractivity contribution in [2.45, 2.75) is 33.2 Å². The molecule has 1 aliphatic rings. The Hall–Kier alpha value is -1.30. The molecule has 1 aliphatic heterocycles. The van der Waals surface area contributed by atoms with Crippen molar-refractivity contribution in [2.75, 3.05) is 40.3 Å². The number of likely N-dealkylation sites (N-methyl/N-ethyl adjacent to an activating group) is 2. The molecule has 0 aliphatic carbocycles. The number of carbonyl (C=O) groups excluding carboxylic acids is 1. The van der Waals surface area contributed by atoms with Gasteiger partial charge in [-0.3, -0.25) is 4.79 Å². The summed E-state index contributed by atoms with van der Waals surface area (Å²) in [6.07, 6.45) is 0.522. The van der Waals surface area contributed by atoms with Crippen LogP contribution in [0.15, 0.2) is 0 Å². The molecule has 1 rings (SSSR count). The number of carbonyl (C=O) groups is 2. The van der Waals surface area contributed by atoms with Gasteiger partial charge < -0.3 is 19.8 Å². The molecule has 0 aromatic rings. The Morgan fingerprint density at radius 2 is 2.00 bits per heavy atom. The molecule has 6 nitrogen and oxygen atoms in total. The molecule has 2 unspecified atom stereocenters. The number of urea groups is 1. The molecule has 0 saturated carbocycles. The third-order valence-electron chi connectivity index (χ3n) is 4.01. The van der Waals surface area contributed by atoms with Crippen LogP contribution in [0.2, 0.25) is 0 Å². The predicted octanol–water partition coefficient (Wildman–Crippen LogP) is 1.18. The first-order valence-corrected chi connectivity index (χ1v) is 7.15. The lowest BCUT2D eigenvalue weighted by Crippen LogP contribution is -2.50. The van der Waals surface area contributed by atoms with Gasteiger partial charge in [-0.1, -0.05) is 0 Å². The van der Waals surface area contributed by atoms with Gasteiger partial charge in [0.05, 0.1) is 5.41 Å². The van der Waals surface area contributed by atoms with Crippen molar-refractivity contribution in [3.8, 4) is 0 Å². The summed E-state index contributed by atoms with van der Waals surface area (Å²) >= 11 is 0. The van der Waals surface area contributed by atoms with E-state index >= 15 is 0 Å². The minimum atomic E-state index is -0.822. The van der Waals surface area contributed by atoms with E-state index in [1.54, 1.807) is 11.8 Å². The lowest BCUT2D eigenvalue weighted by Gasteiger charge is -2.33. The SMILES string of the molecule is CCN(C(=O)N1CCC(C)(C(=O)O)C1)C(C)CN(C)C. The summed E-state index contributed by atoms with van der Waals surface area (Å²) in [6.45, 7) is 7.93. The second-order valence-corrected chi connectivity index (χ2v) is 6.22. The standard InChI is InChI=1S/C14H27N3O3/c1-6-17(11(2)9-15(4)5)13(20)16-8-7-14(3,10-16)12(18)19/h11H,6-10H2,1-5H3,(H,18,19). The molecule has 0 radical (unpaired) electrons. The van der Waals surface area contributed by atoms with Crippen LogP contribution in [-0.2, 0) is 4.79 Å². The highest BCUT2D eigenvalue weighted by molar-refractivity contribution is 5.79. The maximum Gasteiger partial charge on any atom is 0.320 e. The largest absolute Gasteiger partial charge is 0.481 e. The van der Waals surface area contributed by atoms with Crippen molar-refractivity contribution in [3.63, 3.8) is 0 Å². The van der Waals surface area contributed by atoms with Crippen LogP contribution in [0, 0.1) is 5.41 Å². The number of likely N-dealkylation sites (tertiary alicyclic amines) is 1. The van der Waals surface area contributed by atoms with E-state index in [0.717, 1.165) is 6.54 Å². The van der Waals surface area contributed by atoms with Crippen LogP contribution in [0.3, 0.4) is 0 Å². The topological polar surface area (TPSA) is 64.1 Å². The van der Waals surface area contributed by atoms with E-state index < -0.39 is 11.4 Å². The second kappa shape index (κ2) is 6.43. The Bertz CT molecular complexity index is 373. The number of aliphatic carboxylic acids is 1. The van der Waals surface area contributed by atoms with Crippen molar-refractivity contribution < 1.29 is 14.7 Å². The Balaban J connectivity index is 2.71. The summed E-state index contributed by atoms with van der Waals surface area (Å²) < 4.78 is 0. The van der Waals surface area contributed by atoms with Crippen LogP contribution in [0.5, 0.6) is 0 Å². The van der Waals surface area contributed by atoms with Gasteiger partial charge in [-0.2, -0.15) is 0 Å². The minimum absolute atomic E-state index is 0.0492. The highest BCUT2D eigenvalue weighted by atomic mass is 16.4. The molecule has 6 heteroatoms. The Kier molecular flexibility index (Phi) is 5.39. The predicted molar refractivity (Wildman–Crippen MR) is 77.7 cm³/mol. The van der Waals surface area contributed by atoms with Crippen molar-refractivity contribution in [2.24, 2.45) is 5.41 Å². The van der Waals surface area contributed by atoms with Crippen molar-refractivity contribution in [1.29, 1.82) is 0 Å². The van der Waals surface area contributed by atoms with Crippen molar-refractivity contribution in [1.82, 2.24) is 14.7 Å². The zero-order valence-corrected chi connectivity index (χ0v) is 13.2. The van der Waals surface area contributed by atoms with Crippen LogP contribution < -0.4 is 0 Å². The van der Waals surface area contributed by atoms with E-state index in [2.05, 4.69) is 0 Å². The molecular weight excluding hydrogens is 258 g/mol. The maximum atomic E-state index is 12.6. The van der Waals surface area contributed by atoms with Crippen LogP contribution in [0.25, 0.3) is 0 Å².